The first-order chi connectivity index (χ1) is 10.1. The molecular weight excluding hydrogens is 264 g/mol. The van der Waals surface area contributed by atoms with Crippen molar-refractivity contribution in [2.45, 2.75) is 19.4 Å². The molecule has 1 aliphatic rings. The molecule has 1 heterocycles. The Morgan fingerprint density at radius 3 is 2.90 bits per heavy atom. The lowest BCUT2D eigenvalue weighted by molar-refractivity contribution is 0.0940. The summed E-state index contributed by atoms with van der Waals surface area (Å²) in [5, 5.41) is 2.98. The summed E-state index contributed by atoms with van der Waals surface area (Å²) in [4.78, 5) is 12.3. The van der Waals surface area contributed by atoms with Crippen molar-refractivity contribution >= 4 is 11.6 Å². The van der Waals surface area contributed by atoms with Gasteiger partial charge in [0.25, 0.3) is 5.91 Å². The van der Waals surface area contributed by atoms with E-state index in [1.165, 1.54) is 0 Å². The number of nitrogen functional groups attached to an aromatic ring is 1. The number of carbonyl (C=O) groups excluding carboxylic acids is 1. The normalized spacial score (nSPS) is 14.1. The summed E-state index contributed by atoms with van der Waals surface area (Å²) in [5.41, 5.74) is 9.30. The highest BCUT2D eigenvalue weighted by molar-refractivity contribution is 5.95. The monoisotopic (exact) mass is 282 g/mol. The van der Waals surface area contributed by atoms with E-state index in [4.69, 9.17) is 10.5 Å². The van der Waals surface area contributed by atoms with Crippen LogP contribution in [0.25, 0.3) is 0 Å². The second-order valence-corrected chi connectivity index (χ2v) is 5.25. The van der Waals surface area contributed by atoms with Crippen molar-refractivity contribution in [2.24, 2.45) is 0 Å². The summed E-state index contributed by atoms with van der Waals surface area (Å²) < 4.78 is 5.45. The van der Waals surface area contributed by atoms with E-state index in [1.54, 1.807) is 6.07 Å². The van der Waals surface area contributed by atoms with Crippen LogP contribution in [0.4, 0.5) is 5.69 Å². The molecule has 0 saturated carbocycles. The van der Waals surface area contributed by atoms with Gasteiger partial charge in [-0.25, -0.2) is 0 Å². The van der Waals surface area contributed by atoms with Gasteiger partial charge in [-0.15, -0.1) is 0 Å². The second kappa shape index (κ2) is 5.48. The smallest absolute Gasteiger partial charge is 0.251 e. The molecule has 108 valence electrons. The quantitative estimate of drug-likeness (QED) is 0.851. The molecule has 4 nitrogen and oxygen atoms in total. The largest absolute Gasteiger partial charge is 0.493 e. The van der Waals surface area contributed by atoms with Crippen molar-refractivity contribution in [1.82, 2.24) is 5.32 Å². The summed E-state index contributed by atoms with van der Waals surface area (Å²) in [6, 6.07) is 13.0. The van der Waals surface area contributed by atoms with Gasteiger partial charge < -0.3 is 15.8 Å². The van der Waals surface area contributed by atoms with E-state index in [1.807, 2.05) is 43.3 Å². The van der Waals surface area contributed by atoms with E-state index in [-0.39, 0.29) is 11.9 Å². The van der Waals surface area contributed by atoms with Gasteiger partial charge in [-0.3, -0.25) is 4.79 Å². The predicted octanol–water partition coefficient (Wildman–Crippen LogP) is 2.69. The van der Waals surface area contributed by atoms with Crippen LogP contribution >= 0.6 is 0 Å². The standard InChI is InChI=1S/C17H18N2O2/c1-11(14-4-2-3-5-15(14)18)19-17(20)13-6-7-16-12(10-13)8-9-21-16/h2-7,10-11H,8-9,18H2,1H3,(H,19,20). The van der Waals surface area contributed by atoms with Crippen molar-refractivity contribution in [3.05, 3.63) is 59.2 Å². The van der Waals surface area contributed by atoms with Gasteiger partial charge in [-0.1, -0.05) is 18.2 Å². The van der Waals surface area contributed by atoms with E-state index in [9.17, 15) is 4.79 Å². The first-order valence-corrected chi connectivity index (χ1v) is 7.06. The number of carbonyl (C=O) groups is 1. The van der Waals surface area contributed by atoms with Gasteiger partial charge in [0, 0.05) is 17.7 Å². The lowest BCUT2D eigenvalue weighted by Gasteiger charge is -2.16. The van der Waals surface area contributed by atoms with Crippen LogP contribution in [0.15, 0.2) is 42.5 Å². The number of nitrogens with one attached hydrogen (secondary N) is 1. The Balaban J connectivity index is 1.76. The molecule has 2 aromatic carbocycles. The molecule has 2 aromatic rings. The number of ether oxygens (including phenoxy) is 1. The number of nitrogens with two attached hydrogens (primary N) is 1. The number of fused-ring (bicyclic) bond motifs is 1. The SMILES string of the molecule is CC(NC(=O)c1ccc2c(c1)CCO2)c1ccccc1N. The molecule has 3 N–H and O–H groups in total. The third-order valence-corrected chi connectivity index (χ3v) is 3.76. The van der Waals surface area contributed by atoms with Crippen molar-refractivity contribution in [3.8, 4) is 5.75 Å². The van der Waals surface area contributed by atoms with Crippen LogP contribution in [0.5, 0.6) is 5.75 Å². The third-order valence-electron chi connectivity index (χ3n) is 3.76. The van der Waals surface area contributed by atoms with Gasteiger partial charge in [0.15, 0.2) is 0 Å². The molecule has 0 fully saturated rings. The van der Waals surface area contributed by atoms with Crippen LogP contribution in [0, 0.1) is 0 Å². The molecule has 0 spiro atoms. The highest BCUT2D eigenvalue weighted by atomic mass is 16.5. The van der Waals surface area contributed by atoms with Gasteiger partial charge in [0.05, 0.1) is 12.6 Å². The van der Waals surface area contributed by atoms with Crippen molar-refractivity contribution < 1.29 is 9.53 Å². The van der Waals surface area contributed by atoms with Gasteiger partial charge in [0.1, 0.15) is 5.75 Å². The number of amides is 1. The fraction of sp³-hybridized carbons (Fsp3) is 0.235. The maximum atomic E-state index is 12.3. The molecule has 0 saturated heterocycles. The summed E-state index contributed by atoms with van der Waals surface area (Å²) in [6.45, 7) is 2.62. The Kier molecular flexibility index (Phi) is 3.52. The van der Waals surface area contributed by atoms with Crippen LogP contribution in [0.1, 0.15) is 34.5 Å². The molecule has 1 unspecified atom stereocenters. The molecule has 1 amide bonds. The first-order valence-electron chi connectivity index (χ1n) is 7.06. The molecule has 0 bridgehead atoms. The van der Waals surface area contributed by atoms with Crippen LogP contribution in [-0.4, -0.2) is 12.5 Å². The van der Waals surface area contributed by atoms with E-state index in [0.717, 1.165) is 23.3 Å². The Morgan fingerprint density at radius 1 is 1.29 bits per heavy atom. The number of hydrogen-bond acceptors (Lipinski definition) is 3. The first kappa shape index (κ1) is 13.5. The zero-order valence-corrected chi connectivity index (χ0v) is 11.9. The van der Waals surface area contributed by atoms with Gasteiger partial charge in [-0.2, -0.15) is 0 Å². The molecule has 0 aliphatic carbocycles. The van der Waals surface area contributed by atoms with E-state index in [2.05, 4.69) is 5.32 Å². The van der Waals surface area contributed by atoms with Crippen LogP contribution in [0.3, 0.4) is 0 Å². The van der Waals surface area contributed by atoms with Crippen LogP contribution in [-0.2, 0) is 6.42 Å². The molecule has 4 heteroatoms. The zero-order valence-electron chi connectivity index (χ0n) is 11.9. The third kappa shape index (κ3) is 2.70. The second-order valence-electron chi connectivity index (χ2n) is 5.25. The molecule has 1 aliphatic heterocycles. The van der Waals surface area contributed by atoms with E-state index < -0.39 is 0 Å². The van der Waals surface area contributed by atoms with Crippen molar-refractivity contribution in [1.29, 1.82) is 0 Å². The fourth-order valence-corrected chi connectivity index (χ4v) is 2.59. The Morgan fingerprint density at radius 2 is 2.10 bits per heavy atom. The number of benzene rings is 2. The highest BCUT2D eigenvalue weighted by Gasteiger charge is 2.17. The maximum absolute atomic E-state index is 12.3. The minimum absolute atomic E-state index is 0.0968. The van der Waals surface area contributed by atoms with Gasteiger partial charge in [-0.05, 0) is 42.3 Å². The molecule has 0 radical (unpaired) electrons. The molecule has 21 heavy (non-hydrogen) atoms. The zero-order chi connectivity index (χ0) is 14.8. The molecule has 1 atom stereocenters. The molecular formula is C17H18N2O2. The van der Waals surface area contributed by atoms with Gasteiger partial charge >= 0.3 is 0 Å². The average Bonchev–Trinajstić information content (AvgIpc) is 2.94. The fourth-order valence-electron chi connectivity index (χ4n) is 2.59. The van der Waals surface area contributed by atoms with Crippen LogP contribution < -0.4 is 15.8 Å². The number of anilines is 1. The molecule has 3 rings (SSSR count). The minimum Gasteiger partial charge on any atom is -0.493 e. The summed E-state index contributed by atoms with van der Waals surface area (Å²) in [5.74, 6) is 0.785. The predicted molar refractivity (Wildman–Crippen MR) is 82.4 cm³/mol. The van der Waals surface area contributed by atoms with Gasteiger partial charge in [0.2, 0.25) is 0 Å². The minimum atomic E-state index is -0.136. The Bertz CT molecular complexity index is 682. The summed E-state index contributed by atoms with van der Waals surface area (Å²) in [6.07, 6.45) is 0.859. The lowest BCUT2D eigenvalue weighted by Crippen LogP contribution is -2.27. The summed E-state index contributed by atoms with van der Waals surface area (Å²) in [7, 11) is 0. The number of rotatable bonds is 3. The van der Waals surface area contributed by atoms with E-state index in [0.29, 0.717) is 17.9 Å². The average molecular weight is 282 g/mol. The van der Waals surface area contributed by atoms with Crippen molar-refractivity contribution in [2.75, 3.05) is 12.3 Å². The lowest BCUT2D eigenvalue weighted by atomic mass is 10.0. The van der Waals surface area contributed by atoms with Crippen molar-refractivity contribution in [3.63, 3.8) is 0 Å². The number of para-hydroxylation sites is 1. The Hall–Kier alpha value is -2.49. The maximum Gasteiger partial charge on any atom is 0.251 e. The number of hydrogen-bond donors (Lipinski definition) is 2. The van der Waals surface area contributed by atoms with E-state index >= 15 is 0 Å². The summed E-state index contributed by atoms with van der Waals surface area (Å²) >= 11 is 0. The Labute approximate surface area is 123 Å². The molecule has 0 aromatic heterocycles. The van der Waals surface area contributed by atoms with Crippen LogP contribution in [0.2, 0.25) is 0 Å². The highest BCUT2D eigenvalue weighted by Crippen LogP contribution is 2.26. The topological polar surface area (TPSA) is 64.3 Å².